The lowest BCUT2D eigenvalue weighted by Crippen LogP contribution is -2.49. The molecule has 1 unspecified atom stereocenters. The lowest BCUT2D eigenvalue weighted by molar-refractivity contribution is -0.122. The monoisotopic (exact) mass is 326 g/mol. The topological polar surface area (TPSA) is 66.5 Å². The highest BCUT2D eigenvalue weighted by Crippen LogP contribution is 2.22. The predicted octanol–water partition coefficient (Wildman–Crippen LogP) is 2.31. The van der Waals surface area contributed by atoms with Gasteiger partial charge in [-0.2, -0.15) is 0 Å². The number of amides is 1. The third-order valence-corrected chi connectivity index (χ3v) is 4.48. The van der Waals surface area contributed by atoms with Crippen LogP contribution >= 0.6 is 0 Å². The minimum absolute atomic E-state index is 0.262. The molecule has 0 aliphatic heterocycles. The van der Waals surface area contributed by atoms with Crippen molar-refractivity contribution in [1.29, 1.82) is 0 Å². The van der Waals surface area contributed by atoms with Crippen LogP contribution in [0, 0.1) is 12.8 Å². The fourth-order valence-electron chi connectivity index (χ4n) is 2.17. The number of hydrogen-bond acceptors (Lipinski definition) is 3. The molecule has 124 valence electrons. The molecule has 22 heavy (non-hydrogen) atoms. The molecular formula is C16H26N2O3S. The Balaban J connectivity index is 3.14. The number of carbonyl (C=O) groups excluding carboxylic acids is 1. The lowest BCUT2D eigenvalue weighted by atomic mass is 10.1. The standard InChI is InChI=1S/C16H26N2O3S/c1-6-15(16(19)17-11-12(2)3)18(22(5,20)21)14-9-7-13(4)8-10-14/h7-10,12,15H,6,11H2,1-5H3,(H,17,19). The van der Waals surface area contributed by atoms with Gasteiger partial charge < -0.3 is 5.32 Å². The van der Waals surface area contributed by atoms with Crippen molar-refractivity contribution in [2.45, 2.75) is 40.2 Å². The average molecular weight is 326 g/mol. The zero-order chi connectivity index (χ0) is 16.9. The molecule has 0 heterocycles. The Kier molecular flexibility index (Phi) is 6.41. The van der Waals surface area contributed by atoms with Gasteiger partial charge in [-0.25, -0.2) is 8.42 Å². The maximum Gasteiger partial charge on any atom is 0.243 e. The second kappa shape index (κ2) is 7.63. The average Bonchev–Trinajstić information content (AvgIpc) is 2.42. The summed E-state index contributed by atoms with van der Waals surface area (Å²) in [6.45, 7) is 8.26. The molecule has 1 rings (SSSR count). The summed E-state index contributed by atoms with van der Waals surface area (Å²) in [7, 11) is -3.55. The van der Waals surface area contributed by atoms with Gasteiger partial charge in [0, 0.05) is 6.54 Å². The van der Waals surface area contributed by atoms with Gasteiger partial charge in [0.1, 0.15) is 6.04 Å². The Hall–Kier alpha value is -1.56. The van der Waals surface area contributed by atoms with Gasteiger partial charge in [-0.1, -0.05) is 38.5 Å². The van der Waals surface area contributed by atoms with Crippen molar-refractivity contribution in [3.8, 4) is 0 Å². The molecule has 0 bridgehead atoms. The molecule has 0 fully saturated rings. The molecule has 1 amide bonds. The van der Waals surface area contributed by atoms with Crippen molar-refractivity contribution in [3.63, 3.8) is 0 Å². The fraction of sp³-hybridized carbons (Fsp3) is 0.562. The van der Waals surface area contributed by atoms with Crippen LogP contribution in [-0.2, 0) is 14.8 Å². The van der Waals surface area contributed by atoms with Crippen molar-refractivity contribution in [2.75, 3.05) is 17.1 Å². The molecular weight excluding hydrogens is 300 g/mol. The van der Waals surface area contributed by atoms with Crippen LogP contribution in [0.25, 0.3) is 0 Å². The summed E-state index contributed by atoms with van der Waals surface area (Å²) in [5.41, 5.74) is 1.55. The summed E-state index contributed by atoms with van der Waals surface area (Å²) in [5, 5.41) is 2.82. The number of nitrogens with zero attached hydrogens (tertiary/aromatic N) is 1. The Morgan fingerprint density at radius 2 is 1.77 bits per heavy atom. The first-order chi connectivity index (χ1) is 10.2. The summed E-state index contributed by atoms with van der Waals surface area (Å²) in [4.78, 5) is 12.4. The molecule has 1 atom stereocenters. The molecule has 0 saturated heterocycles. The third-order valence-electron chi connectivity index (χ3n) is 3.30. The van der Waals surface area contributed by atoms with Crippen molar-refractivity contribution < 1.29 is 13.2 Å². The van der Waals surface area contributed by atoms with Crippen LogP contribution in [-0.4, -0.2) is 33.2 Å². The number of hydrogen-bond donors (Lipinski definition) is 1. The molecule has 0 aliphatic carbocycles. The van der Waals surface area contributed by atoms with Crippen LogP contribution in [0.15, 0.2) is 24.3 Å². The summed E-state index contributed by atoms with van der Waals surface area (Å²) in [5.74, 6) is 0.0507. The molecule has 0 spiro atoms. The second-order valence-electron chi connectivity index (χ2n) is 5.96. The maximum absolute atomic E-state index is 12.4. The molecule has 6 heteroatoms. The number of benzene rings is 1. The number of rotatable bonds is 7. The van der Waals surface area contributed by atoms with Gasteiger partial charge in [0.2, 0.25) is 15.9 Å². The number of sulfonamides is 1. The van der Waals surface area contributed by atoms with Crippen molar-refractivity contribution in [3.05, 3.63) is 29.8 Å². The lowest BCUT2D eigenvalue weighted by Gasteiger charge is -2.30. The molecule has 1 aromatic carbocycles. The normalized spacial score (nSPS) is 13.0. The Morgan fingerprint density at radius 3 is 2.18 bits per heavy atom. The van der Waals surface area contributed by atoms with Gasteiger partial charge in [0.25, 0.3) is 0 Å². The van der Waals surface area contributed by atoms with E-state index in [2.05, 4.69) is 5.32 Å². The van der Waals surface area contributed by atoms with Crippen LogP contribution < -0.4 is 9.62 Å². The van der Waals surface area contributed by atoms with Gasteiger partial charge >= 0.3 is 0 Å². The SMILES string of the molecule is CCC(C(=O)NCC(C)C)N(c1ccc(C)cc1)S(C)(=O)=O. The highest BCUT2D eigenvalue weighted by atomic mass is 32.2. The first-order valence-electron chi connectivity index (χ1n) is 7.50. The van der Waals surface area contributed by atoms with Crippen LogP contribution in [0.1, 0.15) is 32.8 Å². The fourth-order valence-corrected chi connectivity index (χ4v) is 3.39. The summed E-state index contributed by atoms with van der Waals surface area (Å²) in [6.07, 6.45) is 1.54. The number of carbonyl (C=O) groups is 1. The van der Waals surface area contributed by atoms with Gasteiger partial charge in [0.05, 0.1) is 11.9 Å². The third kappa shape index (κ3) is 5.02. The molecule has 0 radical (unpaired) electrons. The van der Waals surface area contributed by atoms with Crippen LogP contribution in [0.5, 0.6) is 0 Å². The Morgan fingerprint density at radius 1 is 1.23 bits per heavy atom. The van der Waals surface area contributed by atoms with E-state index >= 15 is 0 Å². The summed E-state index contributed by atoms with van der Waals surface area (Å²) >= 11 is 0. The van der Waals surface area contributed by atoms with Crippen LogP contribution in [0.4, 0.5) is 5.69 Å². The predicted molar refractivity (Wildman–Crippen MR) is 90.4 cm³/mol. The van der Waals surface area contributed by atoms with Crippen molar-refractivity contribution in [1.82, 2.24) is 5.32 Å². The highest BCUT2D eigenvalue weighted by molar-refractivity contribution is 7.92. The van der Waals surface area contributed by atoms with Gasteiger partial charge in [-0.15, -0.1) is 0 Å². The van der Waals surface area contributed by atoms with Crippen molar-refractivity contribution in [2.24, 2.45) is 5.92 Å². The molecule has 1 aromatic rings. The van der Waals surface area contributed by atoms with Gasteiger partial charge in [-0.3, -0.25) is 9.10 Å². The Labute approximate surface area is 133 Å². The first kappa shape index (κ1) is 18.5. The zero-order valence-corrected chi connectivity index (χ0v) is 14.8. The van der Waals surface area contributed by atoms with E-state index in [9.17, 15) is 13.2 Å². The minimum Gasteiger partial charge on any atom is -0.354 e. The van der Waals surface area contributed by atoms with Crippen LogP contribution in [0.2, 0.25) is 0 Å². The van der Waals surface area contributed by atoms with E-state index in [0.29, 0.717) is 24.6 Å². The maximum atomic E-state index is 12.4. The molecule has 0 aromatic heterocycles. The van der Waals surface area contributed by atoms with Gasteiger partial charge in [-0.05, 0) is 31.4 Å². The smallest absolute Gasteiger partial charge is 0.243 e. The summed E-state index contributed by atoms with van der Waals surface area (Å²) < 4.78 is 25.6. The zero-order valence-electron chi connectivity index (χ0n) is 14.0. The van der Waals surface area contributed by atoms with E-state index in [0.717, 1.165) is 11.8 Å². The summed E-state index contributed by atoms with van der Waals surface area (Å²) in [6, 6.07) is 6.40. The number of anilines is 1. The number of nitrogens with one attached hydrogen (secondary N) is 1. The van der Waals surface area contributed by atoms with E-state index < -0.39 is 16.1 Å². The molecule has 5 nitrogen and oxygen atoms in total. The highest BCUT2D eigenvalue weighted by Gasteiger charge is 2.31. The second-order valence-corrected chi connectivity index (χ2v) is 7.82. The van der Waals surface area contributed by atoms with E-state index in [-0.39, 0.29) is 5.91 Å². The Bertz CT molecular complexity index is 594. The molecule has 1 N–H and O–H groups in total. The largest absolute Gasteiger partial charge is 0.354 e. The quantitative estimate of drug-likeness (QED) is 0.836. The minimum atomic E-state index is -3.55. The van der Waals surface area contributed by atoms with E-state index in [1.165, 1.54) is 4.31 Å². The van der Waals surface area contributed by atoms with Crippen molar-refractivity contribution >= 4 is 21.6 Å². The molecule has 0 aliphatic rings. The van der Waals surface area contributed by atoms with Crippen LogP contribution in [0.3, 0.4) is 0 Å². The van der Waals surface area contributed by atoms with E-state index in [4.69, 9.17) is 0 Å². The first-order valence-corrected chi connectivity index (χ1v) is 9.35. The van der Waals surface area contributed by atoms with E-state index in [1.807, 2.05) is 39.8 Å². The van der Waals surface area contributed by atoms with E-state index in [1.54, 1.807) is 12.1 Å². The number of aryl methyl sites for hydroxylation is 1. The molecule has 0 saturated carbocycles. The van der Waals surface area contributed by atoms with Gasteiger partial charge in [0.15, 0.2) is 0 Å².